The Labute approximate surface area is 120 Å². The highest BCUT2D eigenvalue weighted by molar-refractivity contribution is 6.01. The minimum atomic E-state index is -0.462. The number of hydrogen-bond donors (Lipinski definition) is 0. The first-order chi connectivity index (χ1) is 9.56. The normalized spacial score (nSPS) is 17.4. The molecule has 1 aromatic rings. The van der Waals surface area contributed by atoms with E-state index in [0.717, 1.165) is 17.5 Å². The van der Waals surface area contributed by atoms with Gasteiger partial charge in [0.05, 0.1) is 12.2 Å². The first kappa shape index (κ1) is 14.5. The Morgan fingerprint density at radius 2 is 2.20 bits per heavy atom. The van der Waals surface area contributed by atoms with Crippen LogP contribution in [-0.2, 0) is 4.74 Å². The number of carbonyl (C=O) groups is 1. The lowest BCUT2D eigenvalue weighted by atomic mass is 10.0. The van der Waals surface area contributed by atoms with Gasteiger partial charge in [-0.05, 0) is 32.8 Å². The van der Waals surface area contributed by atoms with E-state index in [1.165, 1.54) is 0 Å². The standard InChI is InChI=1S/C16H20N2O2/c1-11(2)20-9-5-8-18-14(10-17)13-7-4-6-12(3)15(13)16(18)19/h4,6-7,11,14H,5,8-9H2,1-3H3. The minimum absolute atomic E-state index is 0.0332. The molecule has 1 aromatic carbocycles. The smallest absolute Gasteiger partial charge is 0.255 e. The van der Waals surface area contributed by atoms with Crippen molar-refractivity contribution in [3.63, 3.8) is 0 Å². The zero-order valence-corrected chi connectivity index (χ0v) is 12.2. The van der Waals surface area contributed by atoms with Crippen LogP contribution in [0.4, 0.5) is 0 Å². The molecule has 0 radical (unpaired) electrons. The van der Waals surface area contributed by atoms with Crippen LogP contribution in [0, 0.1) is 18.3 Å². The molecule has 0 saturated heterocycles. The summed E-state index contributed by atoms with van der Waals surface area (Å²) < 4.78 is 5.49. The molecule has 1 aliphatic heterocycles. The third kappa shape index (κ3) is 2.68. The van der Waals surface area contributed by atoms with Crippen molar-refractivity contribution >= 4 is 5.91 Å². The van der Waals surface area contributed by atoms with E-state index in [4.69, 9.17) is 4.74 Å². The molecule has 1 amide bonds. The molecule has 1 heterocycles. The number of nitrogens with zero attached hydrogens (tertiary/aromatic N) is 2. The predicted octanol–water partition coefficient (Wildman–Crippen LogP) is 2.83. The molecule has 0 saturated carbocycles. The van der Waals surface area contributed by atoms with E-state index < -0.39 is 6.04 Å². The Balaban J connectivity index is 2.11. The summed E-state index contributed by atoms with van der Waals surface area (Å²) in [5.41, 5.74) is 2.47. The number of fused-ring (bicyclic) bond motifs is 1. The fourth-order valence-corrected chi connectivity index (χ4v) is 2.56. The highest BCUT2D eigenvalue weighted by Gasteiger charge is 2.37. The van der Waals surface area contributed by atoms with Crippen molar-refractivity contribution in [1.82, 2.24) is 4.90 Å². The Bertz CT molecular complexity index is 546. The molecule has 1 unspecified atom stereocenters. The van der Waals surface area contributed by atoms with Crippen molar-refractivity contribution < 1.29 is 9.53 Å². The van der Waals surface area contributed by atoms with Gasteiger partial charge in [0, 0.05) is 24.3 Å². The number of carbonyl (C=O) groups excluding carboxylic acids is 1. The van der Waals surface area contributed by atoms with Crippen molar-refractivity contribution in [2.75, 3.05) is 13.2 Å². The number of benzene rings is 1. The third-order valence-electron chi connectivity index (χ3n) is 3.50. The first-order valence-electron chi connectivity index (χ1n) is 6.98. The quantitative estimate of drug-likeness (QED) is 0.774. The maximum atomic E-state index is 12.4. The van der Waals surface area contributed by atoms with Crippen molar-refractivity contribution in [2.24, 2.45) is 0 Å². The van der Waals surface area contributed by atoms with Crippen LogP contribution in [0.1, 0.15) is 47.8 Å². The molecular weight excluding hydrogens is 252 g/mol. The van der Waals surface area contributed by atoms with Gasteiger partial charge < -0.3 is 9.64 Å². The lowest BCUT2D eigenvalue weighted by molar-refractivity contribution is 0.0611. The lowest BCUT2D eigenvalue weighted by Crippen LogP contribution is -2.29. The van der Waals surface area contributed by atoms with Gasteiger partial charge in [-0.1, -0.05) is 18.2 Å². The van der Waals surface area contributed by atoms with Crippen LogP contribution in [0.5, 0.6) is 0 Å². The molecule has 0 aliphatic carbocycles. The highest BCUT2D eigenvalue weighted by Crippen LogP contribution is 2.34. The molecule has 1 aliphatic rings. The predicted molar refractivity (Wildman–Crippen MR) is 76.3 cm³/mol. The van der Waals surface area contributed by atoms with E-state index in [1.54, 1.807) is 4.90 Å². The molecule has 0 fully saturated rings. The van der Waals surface area contributed by atoms with Crippen molar-refractivity contribution in [1.29, 1.82) is 5.26 Å². The van der Waals surface area contributed by atoms with E-state index in [0.29, 0.717) is 18.7 Å². The zero-order valence-electron chi connectivity index (χ0n) is 12.2. The molecule has 1 atom stereocenters. The van der Waals surface area contributed by atoms with Gasteiger partial charge in [0.25, 0.3) is 5.91 Å². The fraction of sp³-hybridized carbons (Fsp3) is 0.500. The third-order valence-corrected chi connectivity index (χ3v) is 3.50. The van der Waals surface area contributed by atoms with E-state index in [2.05, 4.69) is 6.07 Å². The van der Waals surface area contributed by atoms with Gasteiger partial charge in [-0.25, -0.2) is 0 Å². The van der Waals surface area contributed by atoms with Crippen LogP contribution in [-0.4, -0.2) is 30.1 Å². The monoisotopic (exact) mass is 272 g/mol. The van der Waals surface area contributed by atoms with Crippen LogP contribution in [0.15, 0.2) is 18.2 Å². The highest BCUT2D eigenvalue weighted by atomic mass is 16.5. The summed E-state index contributed by atoms with van der Waals surface area (Å²) in [5.74, 6) is -0.0332. The summed E-state index contributed by atoms with van der Waals surface area (Å²) in [4.78, 5) is 14.1. The summed E-state index contributed by atoms with van der Waals surface area (Å²) in [6.45, 7) is 7.04. The number of nitriles is 1. The van der Waals surface area contributed by atoms with Crippen molar-refractivity contribution in [3.8, 4) is 6.07 Å². The number of aryl methyl sites for hydroxylation is 1. The number of rotatable bonds is 5. The number of hydrogen-bond acceptors (Lipinski definition) is 3. The largest absolute Gasteiger partial charge is 0.379 e. The second-order valence-electron chi connectivity index (χ2n) is 5.34. The van der Waals surface area contributed by atoms with Gasteiger partial charge in [0.15, 0.2) is 0 Å². The summed E-state index contributed by atoms with van der Waals surface area (Å²) in [5, 5.41) is 9.36. The number of ether oxygens (including phenoxy) is 1. The van der Waals surface area contributed by atoms with Crippen LogP contribution < -0.4 is 0 Å². The van der Waals surface area contributed by atoms with Crippen molar-refractivity contribution in [2.45, 2.75) is 39.3 Å². The molecule has 2 rings (SSSR count). The molecule has 4 heteroatoms. The van der Waals surface area contributed by atoms with Gasteiger partial charge in [-0.15, -0.1) is 0 Å². The maximum absolute atomic E-state index is 12.4. The van der Waals surface area contributed by atoms with Gasteiger partial charge >= 0.3 is 0 Å². The van der Waals surface area contributed by atoms with Gasteiger partial charge in [-0.3, -0.25) is 4.79 Å². The molecule has 0 bridgehead atoms. The van der Waals surface area contributed by atoms with Gasteiger partial charge in [-0.2, -0.15) is 5.26 Å². The molecular formula is C16H20N2O2. The topological polar surface area (TPSA) is 53.3 Å². The minimum Gasteiger partial charge on any atom is -0.379 e. The van der Waals surface area contributed by atoms with E-state index in [9.17, 15) is 10.1 Å². The second-order valence-corrected chi connectivity index (χ2v) is 5.34. The van der Waals surface area contributed by atoms with E-state index >= 15 is 0 Å². The molecule has 106 valence electrons. The molecule has 0 aromatic heterocycles. The zero-order chi connectivity index (χ0) is 14.7. The Morgan fingerprint density at radius 3 is 2.85 bits per heavy atom. The van der Waals surface area contributed by atoms with Crippen LogP contribution in [0.25, 0.3) is 0 Å². The second kappa shape index (κ2) is 6.06. The van der Waals surface area contributed by atoms with E-state index in [-0.39, 0.29) is 12.0 Å². The molecule has 4 nitrogen and oxygen atoms in total. The average molecular weight is 272 g/mol. The van der Waals surface area contributed by atoms with Crippen molar-refractivity contribution in [3.05, 3.63) is 34.9 Å². The summed E-state index contributed by atoms with van der Waals surface area (Å²) >= 11 is 0. The van der Waals surface area contributed by atoms with E-state index in [1.807, 2.05) is 39.0 Å². The summed E-state index contributed by atoms with van der Waals surface area (Å²) in [6.07, 6.45) is 0.935. The van der Waals surface area contributed by atoms with Gasteiger partial charge in [0.1, 0.15) is 6.04 Å². The summed E-state index contributed by atoms with van der Waals surface area (Å²) in [6, 6.07) is 7.47. The molecule has 0 spiro atoms. The molecule has 20 heavy (non-hydrogen) atoms. The lowest BCUT2D eigenvalue weighted by Gasteiger charge is -2.20. The van der Waals surface area contributed by atoms with Crippen LogP contribution in [0.3, 0.4) is 0 Å². The fourth-order valence-electron chi connectivity index (χ4n) is 2.56. The summed E-state index contributed by atoms with van der Waals surface area (Å²) in [7, 11) is 0. The number of amides is 1. The maximum Gasteiger partial charge on any atom is 0.255 e. The average Bonchev–Trinajstić information content (AvgIpc) is 2.68. The SMILES string of the molecule is Cc1cccc2c1C(=O)N(CCCOC(C)C)C2C#N. The Hall–Kier alpha value is -1.86. The molecule has 0 N–H and O–H groups in total. The Morgan fingerprint density at radius 1 is 1.45 bits per heavy atom. The Kier molecular flexibility index (Phi) is 4.41. The van der Waals surface area contributed by atoms with Crippen LogP contribution in [0.2, 0.25) is 0 Å². The van der Waals surface area contributed by atoms with Crippen LogP contribution >= 0.6 is 0 Å². The van der Waals surface area contributed by atoms with Gasteiger partial charge in [0.2, 0.25) is 0 Å². The first-order valence-corrected chi connectivity index (χ1v) is 6.98.